The predicted molar refractivity (Wildman–Crippen MR) is 104 cm³/mol. The number of nitriles is 1. The molecule has 7 heteroatoms. The van der Waals surface area contributed by atoms with Crippen molar-refractivity contribution in [2.75, 3.05) is 0 Å². The number of nitro benzene ring substituents is 1. The van der Waals surface area contributed by atoms with Crippen LogP contribution in [0, 0.1) is 28.4 Å². The minimum absolute atomic E-state index is 0.00978. The van der Waals surface area contributed by atoms with Crippen LogP contribution in [-0.4, -0.2) is 16.9 Å². The van der Waals surface area contributed by atoms with Gasteiger partial charge in [0.15, 0.2) is 0 Å². The lowest BCUT2D eigenvalue weighted by atomic mass is 9.95. The Kier molecular flexibility index (Phi) is 5.90. The molecule has 1 amide bonds. The molecular weight excluding hydrogens is 358 g/mol. The molecule has 0 bridgehead atoms. The highest BCUT2D eigenvalue weighted by molar-refractivity contribution is 6.01. The summed E-state index contributed by atoms with van der Waals surface area (Å²) in [7, 11) is 0. The van der Waals surface area contributed by atoms with Crippen molar-refractivity contribution >= 4 is 17.7 Å². The Morgan fingerprint density at radius 2 is 2.04 bits per heavy atom. The largest absolute Gasteiger partial charge is 0.457 e. The summed E-state index contributed by atoms with van der Waals surface area (Å²) in [5.74, 6) is 0.382. The van der Waals surface area contributed by atoms with Crippen molar-refractivity contribution in [2.24, 2.45) is 0 Å². The zero-order chi connectivity index (χ0) is 20.1. The van der Waals surface area contributed by atoms with E-state index in [4.69, 9.17) is 4.42 Å². The zero-order valence-electron chi connectivity index (χ0n) is 15.6. The fraction of sp³-hybridized carbons (Fsp3) is 0.333. The molecule has 0 atom stereocenters. The zero-order valence-corrected chi connectivity index (χ0v) is 15.6. The summed E-state index contributed by atoms with van der Waals surface area (Å²) in [5, 5.41) is 23.4. The molecule has 0 saturated heterocycles. The molecule has 7 nitrogen and oxygen atoms in total. The van der Waals surface area contributed by atoms with E-state index in [-0.39, 0.29) is 17.3 Å². The SMILES string of the molecule is Cc1c(-c2ccc(/C=C(\C#N)C(=O)NC3CCCCC3)o2)cccc1[N+](=O)[O-]. The summed E-state index contributed by atoms with van der Waals surface area (Å²) in [6.07, 6.45) is 6.61. The highest BCUT2D eigenvalue weighted by atomic mass is 16.6. The quantitative estimate of drug-likeness (QED) is 0.355. The number of nitro groups is 1. The summed E-state index contributed by atoms with van der Waals surface area (Å²) in [6.45, 7) is 1.66. The van der Waals surface area contributed by atoms with Gasteiger partial charge in [0.05, 0.1) is 4.92 Å². The second-order valence-electron chi connectivity index (χ2n) is 6.89. The maximum Gasteiger partial charge on any atom is 0.273 e. The molecule has 1 aliphatic carbocycles. The van der Waals surface area contributed by atoms with Crippen molar-refractivity contribution in [1.29, 1.82) is 5.26 Å². The maximum atomic E-state index is 12.4. The third kappa shape index (κ3) is 4.29. The Bertz CT molecular complexity index is 962. The van der Waals surface area contributed by atoms with Crippen molar-refractivity contribution in [3.63, 3.8) is 0 Å². The van der Waals surface area contributed by atoms with Gasteiger partial charge in [0.2, 0.25) is 0 Å². The first-order valence-corrected chi connectivity index (χ1v) is 9.26. The van der Waals surface area contributed by atoms with Crippen molar-refractivity contribution < 1.29 is 14.1 Å². The standard InChI is InChI=1S/C21H21N3O4/c1-14-18(8-5-9-19(14)24(26)27)20-11-10-17(28-20)12-15(13-22)21(25)23-16-6-3-2-4-7-16/h5,8-12,16H,2-4,6-7H2,1H3,(H,23,25)/b15-12+. The van der Waals surface area contributed by atoms with Gasteiger partial charge in [-0.05, 0) is 31.9 Å². The molecule has 0 radical (unpaired) electrons. The van der Waals surface area contributed by atoms with Crippen LogP contribution in [0.15, 0.2) is 40.3 Å². The van der Waals surface area contributed by atoms with Gasteiger partial charge >= 0.3 is 0 Å². The summed E-state index contributed by atoms with van der Waals surface area (Å²) in [5.41, 5.74) is 1.07. The fourth-order valence-corrected chi connectivity index (χ4v) is 3.46. The second kappa shape index (κ2) is 8.53. The molecule has 0 spiro atoms. The molecule has 1 heterocycles. The molecule has 1 aromatic heterocycles. The van der Waals surface area contributed by atoms with Crippen molar-refractivity contribution in [3.05, 3.63) is 57.3 Å². The van der Waals surface area contributed by atoms with E-state index < -0.39 is 10.8 Å². The minimum Gasteiger partial charge on any atom is -0.457 e. The first-order chi connectivity index (χ1) is 13.5. The normalized spacial score (nSPS) is 15.1. The Balaban J connectivity index is 1.81. The molecule has 1 aromatic carbocycles. The molecule has 0 aliphatic heterocycles. The molecule has 28 heavy (non-hydrogen) atoms. The monoisotopic (exact) mass is 379 g/mol. The third-order valence-corrected chi connectivity index (χ3v) is 4.99. The van der Waals surface area contributed by atoms with Gasteiger partial charge in [-0.1, -0.05) is 31.4 Å². The van der Waals surface area contributed by atoms with Crippen LogP contribution < -0.4 is 5.32 Å². The Morgan fingerprint density at radius 3 is 2.71 bits per heavy atom. The molecule has 1 saturated carbocycles. The molecule has 1 fully saturated rings. The van der Waals surface area contributed by atoms with Gasteiger partial charge in [0.25, 0.3) is 11.6 Å². The van der Waals surface area contributed by atoms with Gasteiger partial charge in [-0.3, -0.25) is 14.9 Å². The van der Waals surface area contributed by atoms with Gasteiger partial charge in [0, 0.05) is 29.3 Å². The van der Waals surface area contributed by atoms with E-state index in [0.29, 0.717) is 22.6 Å². The van der Waals surface area contributed by atoms with E-state index in [1.165, 1.54) is 18.6 Å². The van der Waals surface area contributed by atoms with Crippen LogP contribution in [0.3, 0.4) is 0 Å². The molecule has 1 aliphatic rings. The number of carbonyl (C=O) groups is 1. The van der Waals surface area contributed by atoms with Crippen molar-refractivity contribution in [2.45, 2.75) is 45.1 Å². The van der Waals surface area contributed by atoms with E-state index in [0.717, 1.165) is 25.7 Å². The van der Waals surface area contributed by atoms with Gasteiger partial charge in [-0.2, -0.15) is 5.26 Å². The molecule has 144 valence electrons. The Labute approximate surface area is 162 Å². The Morgan fingerprint density at radius 1 is 1.29 bits per heavy atom. The van der Waals surface area contributed by atoms with Crippen LogP contribution in [-0.2, 0) is 4.79 Å². The summed E-state index contributed by atoms with van der Waals surface area (Å²) >= 11 is 0. The number of amides is 1. The number of nitrogens with zero attached hydrogens (tertiary/aromatic N) is 2. The molecule has 1 N–H and O–H groups in total. The number of hydrogen-bond acceptors (Lipinski definition) is 5. The van der Waals surface area contributed by atoms with Crippen LogP contribution in [0.2, 0.25) is 0 Å². The average Bonchev–Trinajstić information content (AvgIpc) is 3.15. The molecular formula is C21H21N3O4. The van der Waals surface area contributed by atoms with Crippen molar-refractivity contribution in [3.8, 4) is 17.4 Å². The highest BCUT2D eigenvalue weighted by Gasteiger charge is 2.19. The summed E-state index contributed by atoms with van der Waals surface area (Å²) in [4.78, 5) is 23.1. The number of rotatable bonds is 5. The van der Waals surface area contributed by atoms with Gasteiger partial charge in [0.1, 0.15) is 23.2 Å². The first-order valence-electron chi connectivity index (χ1n) is 9.26. The number of nitrogens with one attached hydrogen (secondary N) is 1. The lowest BCUT2D eigenvalue weighted by Crippen LogP contribution is -2.36. The third-order valence-electron chi connectivity index (χ3n) is 4.99. The average molecular weight is 379 g/mol. The predicted octanol–water partition coefficient (Wildman–Crippen LogP) is 4.52. The second-order valence-corrected chi connectivity index (χ2v) is 6.89. The van der Waals surface area contributed by atoms with E-state index in [9.17, 15) is 20.2 Å². The van der Waals surface area contributed by atoms with Crippen LogP contribution >= 0.6 is 0 Å². The van der Waals surface area contributed by atoms with Gasteiger partial charge in [-0.25, -0.2) is 0 Å². The number of hydrogen-bond donors (Lipinski definition) is 1. The Hall–Kier alpha value is -3.40. The molecule has 2 aromatic rings. The van der Waals surface area contributed by atoms with Gasteiger partial charge in [-0.15, -0.1) is 0 Å². The first kappa shape index (κ1) is 19.4. The highest BCUT2D eigenvalue weighted by Crippen LogP contribution is 2.31. The van der Waals surface area contributed by atoms with Crippen LogP contribution in [0.5, 0.6) is 0 Å². The van der Waals surface area contributed by atoms with E-state index >= 15 is 0 Å². The molecule has 3 rings (SSSR count). The van der Waals surface area contributed by atoms with E-state index in [1.807, 2.05) is 6.07 Å². The van der Waals surface area contributed by atoms with E-state index in [1.54, 1.807) is 31.2 Å². The van der Waals surface area contributed by atoms with Crippen LogP contribution in [0.4, 0.5) is 5.69 Å². The minimum atomic E-state index is -0.439. The molecule has 0 unspecified atom stereocenters. The lowest BCUT2D eigenvalue weighted by Gasteiger charge is -2.22. The number of benzene rings is 1. The van der Waals surface area contributed by atoms with Gasteiger partial charge < -0.3 is 9.73 Å². The smallest absolute Gasteiger partial charge is 0.273 e. The number of carbonyl (C=O) groups excluding carboxylic acids is 1. The maximum absolute atomic E-state index is 12.4. The van der Waals surface area contributed by atoms with Crippen LogP contribution in [0.25, 0.3) is 17.4 Å². The van der Waals surface area contributed by atoms with Crippen LogP contribution in [0.1, 0.15) is 43.4 Å². The van der Waals surface area contributed by atoms with Crippen molar-refractivity contribution in [1.82, 2.24) is 5.32 Å². The van der Waals surface area contributed by atoms with E-state index in [2.05, 4.69) is 5.32 Å². The lowest BCUT2D eigenvalue weighted by molar-refractivity contribution is -0.385. The summed E-state index contributed by atoms with van der Waals surface area (Å²) < 4.78 is 5.73. The topological polar surface area (TPSA) is 109 Å². The fourth-order valence-electron chi connectivity index (χ4n) is 3.46. The number of furan rings is 1. The summed E-state index contributed by atoms with van der Waals surface area (Å²) in [6, 6.07) is 10.1.